The number of nitrogens with zero attached hydrogens (tertiary/aromatic N) is 4. The van der Waals surface area contributed by atoms with E-state index in [1.165, 1.54) is 17.2 Å². The number of likely N-dealkylation sites (tertiary alicyclic amines) is 1. The van der Waals surface area contributed by atoms with E-state index in [0.29, 0.717) is 17.7 Å². The smallest absolute Gasteiger partial charge is 0.254 e. The van der Waals surface area contributed by atoms with E-state index in [4.69, 9.17) is 10.5 Å². The number of rotatable bonds is 7. The molecular weight excluding hydrogens is 513 g/mol. The SMILES string of the molecule is Cc1ccc(CC(=O)N2CC[C@H](Oc3ncc(-c4cnn(C5CS(=O)(=O)C5)c4)cc3C(N)=O)[C@H](F)C2)cc1. The minimum absolute atomic E-state index is 0.00783. The first-order valence-corrected chi connectivity index (χ1v) is 14.1. The molecule has 200 valence electrons. The third kappa shape index (κ3) is 5.54. The predicted molar refractivity (Wildman–Crippen MR) is 137 cm³/mol. The molecule has 1 aromatic carbocycles. The van der Waals surface area contributed by atoms with Crippen molar-refractivity contribution in [2.45, 2.75) is 38.1 Å². The molecule has 0 bridgehead atoms. The van der Waals surface area contributed by atoms with Gasteiger partial charge in [0.05, 0.1) is 36.7 Å². The average Bonchev–Trinajstić information content (AvgIpc) is 3.35. The molecule has 2 atom stereocenters. The van der Waals surface area contributed by atoms with Crippen LogP contribution in [0.15, 0.2) is 48.9 Å². The molecule has 2 saturated heterocycles. The Labute approximate surface area is 219 Å². The van der Waals surface area contributed by atoms with Crippen molar-refractivity contribution < 1.29 is 27.1 Å². The first kappa shape index (κ1) is 25.8. The van der Waals surface area contributed by atoms with Gasteiger partial charge in [-0.15, -0.1) is 0 Å². The van der Waals surface area contributed by atoms with Gasteiger partial charge in [-0.2, -0.15) is 5.10 Å². The highest BCUT2D eigenvalue weighted by atomic mass is 32.2. The second-order valence-corrected chi connectivity index (χ2v) is 12.0. The lowest BCUT2D eigenvalue weighted by Crippen LogP contribution is -2.49. The average molecular weight is 542 g/mol. The van der Waals surface area contributed by atoms with Crippen molar-refractivity contribution in [1.29, 1.82) is 0 Å². The van der Waals surface area contributed by atoms with Crippen LogP contribution in [-0.2, 0) is 21.1 Å². The van der Waals surface area contributed by atoms with E-state index in [9.17, 15) is 18.0 Å². The molecule has 5 rings (SSSR count). The van der Waals surface area contributed by atoms with Crippen LogP contribution >= 0.6 is 0 Å². The van der Waals surface area contributed by atoms with E-state index in [-0.39, 0.29) is 54.3 Å². The lowest BCUT2D eigenvalue weighted by Gasteiger charge is -2.34. The molecule has 2 N–H and O–H groups in total. The van der Waals surface area contributed by atoms with Crippen LogP contribution in [0.3, 0.4) is 0 Å². The molecule has 2 aromatic heterocycles. The van der Waals surface area contributed by atoms with Crippen molar-refractivity contribution in [3.05, 3.63) is 65.6 Å². The minimum atomic E-state index is -3.00. The molecule has 0 radical (unpaired) electrons. The summed E-state index contributed by atoms with van der Waals surface area (Å²) in [6, 6.07) is 8.91. The summed E-state index contributed by atoms with van der Waals surface area (Å²) in [6.07, 6.45) is 2.77. The topological polar surface area (TPSA) is 137 Å². The number of aryl methyl sites for hydroxylation is 1. The molecule has 2 fully saturated rings. The third-order valence-electron chi connectivity index (χ3n) is 6.89. The number of nitrogens with two attached hydrogens (primary N) is 1. The minimum Gasteiger partial charge on any atom is -0.471 e. The molecule has 2 amide bonds. The Kier molecular flexibility index (Phi) is 6.91. The van der Waals surface area contributed by atoms with Gasteiger partial charge >= 0.3 is 0 Å². The Morgan fingerprint density at radius 1 is 1.16 bits per heavy atom. The number of hydrogen-bond donors (Lipinski definition) is 1. The summed E-state index contributed by atoms with van der Waals surface area (Å²) in [7, 11) is -3.00. The number of aromatic nitrogens is 3. The lowest BCUT2D eigenvalue weighted by atomic mass is 10.0. The van der Waals surface area contributed by atoms with Crippen LogP contribution in [0.5, 0.6) is 5.88 Å². The predicted octanol–water partition coefficient (Wildman–Crippen LogP) is 1.88. The van der Waals surface area contributed by atoms with Crippen molar-refractivity contribution in [1.82, 2.24) is 19.7 Å². The van der Waals surface area contributed by atoms with Crippen LogP contribution < -0.4 is 10.5 Å². The Balaban J connectivity index is 1.24. The Bertz CT molecular complexity index is 1460. The van der Waals surface area contributed by atoms with E-state index >= 15 is 4.39 Å². The number of pyridine rings is 1. The molecule has 0 saturated carbocycles. The number of halogens is 1. The van der Waals surface area contributed by atoms with Gasteiger partial charge in [0, 0.05) is 36.5 Å². The highest BCUT2D eigenvalue weighted by Crippen LogP contribution is 2.29. The molecule has 12 heteroatoms. The van der Waals surface area contributed by atoms with Gasteiger partial charge in [0.15, 0.2) is 16.0 Å². The summed E-state index contributed by atoms with van der Waals surface area (Å²) in [5, 5.41) is 4.23. The van der Waals surface area contributed by atoms with Crippen LogP contribution in [0.1, 0.15) is 33.9 Å². The van der Waals surface area contributed by atoms with E-state index in [1.807, 2.05) is 31.2 Å². The fraction of sp³-hybridized carbons (Fsp3) is 0.385. The van der Waals surface area contributed by atoms with Crippen molar-refractivity contribution in [2.75, 3.05) is 24.6 Å². The molecule has 10 nitrogen and oxygen atoms in total. The van der Waals surface area contributed by atoms with E-state index in [0.717, 1.165) is 11.1 Å². The van der Waals surface area contributed by atoms with Crippen LogP contribution in [0, 0.1) is 6.92 Å². The van der Waals surface area contributed by atoms with E-state index in [1.54, 1.807) is 17.1 Å². The third-order valence-corrected chi connectivity index (χ3v) is 8.68. The molecule has 3 aromatic rings. The Hall–Kier alpha value is -3.80. The number of alkyl halides is 1. The van der Waals surface area contributed by atoms with Gasteiger partial charge in [0.25, 0.3) is 5.91 Å². The zero-order valence-electron chi connectivity index (χ0n) is 20.8. The number of amides is 2. The quantitative estimate of drug-likeness (QED) is 0.482. The first-order valence-electron chi connectivity index (χ1n) is 12.3. The molecule has 4 heterocycles. The largest absolute Gasteiger partial charge is 0.471 e. The Morgan fingerprint density at radius 3 is 2.55 bits per heavy atom. The summed E-state index contributed by atoms with van der Waals surface area (Å²) >= 11 is 0. The van der Waals surface area contributed by atoms with Gasteiger partial charge < -0.3 is 15.4 Å². The van der Waals surface area contributed by atoms with Gasteiger partial charge in [-0.1, -0.05) is 29.8 Å². The monoisotopic (exact) mass is 541 g/mol. The lowest BCUT2D eigenvalue weighted by molar-refractivity contribution is -0.134. The second-order valence-electron chi connectivity index (χ2n) is 9.84. The molecule has 2 aliphatic heterocycles. The number of sulfone groups is 1. The molecule has 0 unspecified atom stereocenters. The maximum Gasteiger partial charge on any atom is 0.254 e. The molecule has 0 spiro atoms. The van der Waals surface area contributed by atoms with Gasteiger partial charge in [-0.05, 0) is 18.6 Å². The molecule has 38 heavy (non-hydrogen) atoms. The number of ether oxygens (including phenoxy) is 1. The Morgan fingerprint density at radius 2 is 1.89 bits per heavy atom. The number of primary amides is 1. The van der Waals surface area contributed by atoms with Crippen molar-refractivity contribution >= 4 is 21.7 Å². The first-order chi connectivity index (χ1) is 18.1. The number of hydrogen-bond acceptors (Lipinski definition) is 7. The van der Waals surface area contributed by atoms with Gasteiger partial charge in [-0.3, -0.25) is 14.3 Å². The summed E-state index contributed by atoms with van der Waals surface area (Å²) in [5.74, 6) is -0.951. The maximum atomic E-state index is 15.1. The summed E-state index contributed by atoms with van der Waals surface area (Å²) < 4.78 is 45.4. The van der Waals surface area contributed by atoms with Crippen LogP contribution in [-0.4, -0.2) is 76.8 Å². The number of piperidine rings is 1. The second kappa shape index (κ2) is 10.2. The maximum absolute atomic E-state index is 15.1. The number of benzene rings is 1. The van der Waals surface area contributed by atoms with E-state index in [2.05, 4.69) is 10.1 Å². The van der Waals surface area contributed by atoms with Crippen LogP contribution in [0.25, 0.3) is 11.1 Å². The van der Waals surface area contributed by atoms with E-state index < -0.39 is 28.0 Å². The molecular formula is C26H28FN5O5S. The van der Waals surface area contributed by atoms with Crippen molar-refractivity contribution in [2.24, 2.45) is 5.73 Å². The van der Waals surface area contributed by atoms with Crippen LogP contribution in [0.4, 0.5) is 4.39 Å². The summed E-state index contributed by atoms with van der Waals surface area (Å²) in [4.78, 5) is 30.6. The van der Waals surface area contributed by atoms with Crippen LogP contribution in [0.2, 0.25) is 0 Å². The van der Waals surface area contributed by atoms with Crippen molar-refractivity contribution in [3.8, 4) is 17.0 Å². The summed E-state index contributed by atoms with van der Waals surface area (Å²) in [6.45, 7) is 2.17. The highest BCUT2D eigenvalue weighted by Gasteiger charge is 2.36. The zero-order valence-corrected chi connectivity index (χ0v) is 21.6. The number of carbonyl (C=O) groups excluding carboxylic acids is 2. The fourth-order valence-electron chi connectivity index (χ4n) is 4.64. The highest BCUT2D eigenvalue weighted by molar-refractivity contribution is 7.92. The molecule has 0 aliphatic carbocycles. The van der Waals surface area contributed by atoms with Gasteiger partial charge in [0.2, 0.25) is 11.8 Å². The normalized spacial score (nSPS) is 21.1. The van der Waals surface area contributed by atoms with Crippen molar-refractivity contribution in [3.63, 3.8) is 0 Å². The summed E-state index contributed by atoms with van der Waals surface area (Å²) in [5.41, 5.74) is 8.69. The van der Waals surface area contributed by atoms with Gasteiger partial charge in [-0.25, -0.2) is 17.8 Å². The molecule has 2 aliphatic rings. The van der Waals surface area contributed by atoms with Gasteiger partial charge in [0.1, 0.15) is 11.7 Å². The fourth-order valence-corrected chi connectivity index (χ4v) is 6.02. The standard InChI is InChI=1S/C26H28FN5O5S/c1-16-2-4-17(5-3-16)8-24(33)31-7-6-23(22(27)13-31)37-26-21(25(28)34)9-18(10-29-26)19-11-30-32(12-19)20-14-38(35,36)15-20/h2-5,9-12,20,22-23H,6-8,13-15H2,1H3,(H2,28,34)/t22-,23+/m1/s1. The zero-order chi connectivity index (χ0) is 27.0. The number of carbonyl (C=O) groups is 2.